The minimum atomic E-state index is -4.95. The van der Waals surface area contributed by atoms with E-state index in [1.807, 2.05) is 0 Å². The minimum Gasteiger partial charge on any atom is -0.462 e. The van der Waals surface area contributed by atoms with Gasteiger partial charge in [0.1, 0.15) is 19.3 Å². The molecule has 0 saturated heterocycles. The number of ether oxygens (including phenoxy) is 4. The summed E-state index contributed by atoms with van der Waals surface area (Å²) in [6.45, 7) is 4.92. The fourth-order valence-corrected chi connectivity index (χ4v) is 12.4. The molecule has 0 bridgehead atoms. The number of carbonyl (C=O) groups is 4. The van der Waals surface area contributed by atoms with E-state index in [4.69, 9.17) is 37.0 Å². The third kappa shape index (κ3) is 64.8. The zero-order valence-corrected chi connectivity index (χ0v) is 59.9. The summed E-state index contributed by atoms with van der Waals surface area (Å²) in [5.74, 6) is -2.12. The molecule has 0 rings (SSSR count). The lowest BCUT2D eigenvalue weighted by Gasteiger charge is -2.21. The Labute approximate surface area is 549 Å². The second kappa shape index (κ2) is 65.7. The van der Waals surface area contributed by atoms with Crippen molar-refractivity contribution < 1.29 is 80.2 Å². The average Bonchev–Trinajstić information content (AvgIpc) is 3.69. The number of aliphatic hydroxyl groups is 1. The third-order valence-electron chi connectivity index (χ3n) is 16.6. The second-order valence-electron chi connectivity index (χ2n) is 25.6. The molecule has 0 aromatic rings. The maximum absolute atomic E-state index is 13.0. The van der Waals surface area contributed by atoms with Crippen LogP contribution in [0, 0.1) is 0 Å². The standard InChI is InChI=1S/C71H138O17P2/c1-5-9-13-17-21-24-27-30-31-32-33-36-39-42-46-50-54-58-71(76)88-67(62-82-69(74)56-52-48-44-40-37-34-28-25-22-18-14-10-6-2)64-86-90(79,80)84-60-65(72)59-83-89(77,78)85-63-66(61-81-68(73)55-51-47-43-20-16-12-8-4)87-70(75)57-53-49-45-41-38-35-29-26-23-19-15-11-7-3/h65-67,72H,5-64H2,1-4H3,(H,77,78)(H,79,80)/t65-,66+,67+/m0/s1. The van der Waals surface area contributed by atoms with Gasteiger partial charge < -0.3 is 33.8 Å². The average molecular weight is 1330 g/mol. The fourth-order valence-electron chi connectivity index (χ4n) is 10.9. The van der Waals surface area contributed by atoms with Crippen LogP contribution in [0.3, 0.4) is 0 Å². The Hall–Kier alpha value is -1.94. The number of unbranched alkanes of at least 4 members (excludes halogenated alkanes) is 46. The van der Waals surface area contributed by atoms with Crippen LogP contribution in [-0.2, 0) is 65.4 Å². The zero-order chi connectivity index (χ0) is 66.1. The first kappa shape index (κ1) is 88.1. The van der Waals surface area contributed by atoms with Crippen LogP contribution in [0.1, 0.15) is 374 Å². The van der Waals surface area contributed by atoms with Crippen molar-refractivity contribution in [3.63, 3.8) is 0 Å². The van der Waals surface area contributed by atoms with E-state index in [1.54, 1.807) is 0 Å². The molecule has 0 aromatic carbocycles. The zero-order valence-electron chi connectivity index (χ0n) is 58.1. The Morgan fingerprint density at radius 3 is 0.656 bits per heavy atom. The molecule has 0 radical (unpaired) electrons. The number of phosphoric ester groups is 2. The van der Waals surface area contributed by atoms with Gasteiger partial charge in [-0.3, -0.25) is 37.3 Å². The van der Waals surface area contributed by atoms with E-state index in [2.05, 4.69) is 27.7 Å². The molecule has 0 aliphatic rings. The maximum atomic E-state index is 13.0. The number of esters is 4. The van der Waals surface area contributed by atoms with Gasteiger partial charge in [0, 0.05) is 25.7 Å². The van der Waals surface area contributed by atoms with Crippen molar-refractivity contribution in [3.05, 3.63) is 0 Å². The van der Waals surface area contributed by atoms with E-state index >= 15 is 0 Å². The topological polar surface area (TPSA) is 237 Å². The lowest BCUT2D eigenvalue weighted by molar-refractivity contribution is -0.161. The van der Waals surface area contributed by atoms with Crippen molar-refractivity contribution in [2.45, 2.75) is 393 Å². The summed E-state index contributed by atoms with van der Waals surface area (Å²) in [5.41, 5.74) is 0. The largest absolute Gasteiger partial charge is 0.472 e. The normalized spacial score (nSPS) is 14.0. The number of phosphoric acid groups is 2. The van der Waals surface area contributed by atoms with E-state index in [1.165, 1.54) is 193 Å². The summed E-state index contributed by atoms with van der Waals surface area (Å²) >= 11 is 0. The van der Waals surface area contributed by atoms with Crippen LogP contribution < -0.4 is 0 Å². The van der Waals surface area contributed by atoms with Crippen LogP contribution in [-0.4, -0.2) is 96.7 Å². The van der Waals surface area contributed by atoms with Crippen molar-refractivity contribution in [2.24, 2.45) is 0 Å². The van der Waals surface area contributed by atoms with Gasteiger partial charge in [-0.1, -0.05) is 323 Å². The summed E-state index contributed by atoms with van der Waals surface area (Å²) in [7, 11) is -9.89. The molecule has 17 nitrogen and oxygen atoms in total. The summed E-state index contributed by atoms with van der Waals surface area (Å²) in [4.78, 5) is 72.5. The summed E-state index contributed by atoms with van der Waals surface area (Å²) in [5, 5.41) is 10.6. The Bertz CT molecular complexity index is 1720. The molecule has 3 N–H and O–H groups in total. The van der Waals surface area contributed by atoms with Gasteiger partial charge in [0.2, 0.25) is 0 Å². The highest BCUT2D eigenvalue weighted by molar-refractivity contribution is 7.47. The van der Waals surface area contributed by atoms with Gasteiger partial charge in [-0.25, -0.2) is 9.13 Å². The molecule has 5 atom stereocenters. The first-order valence-corrected chi connectivity index (χ1v) is 40.3. The molecule has 0 aromatic heterocycles. The van der Waals surface area contributed by atoms with Gasteiger partial charge in [-0.2, -0.15) is 0 Å². The highest BCUT2D eigenvalue weighted by Gasteiger charge is 2.30. The predicted octanol–water partition coefficient (Wildman–Crippen LogP) is 20.7. The van der Waals surface area contributed by atoms with Crippen molar-refractivity contribution in [1.29, 1.82) is 0 Å². The Morgan fingerprint density at radius 2 is 0.444 bits per heavy atom. The summed E-state index contributed by atoms with van der Waals surface area (Å²) in [6, 6.07) is 0. The Morgan fingerprint density at radius 1 is 0.267 bits per heavy atom. The van der Waals surface area contributed by atoms with Crippen molar-refractivity contribution >= 4 is 39.5 Å². The predicted molar refractivity (Wildman–Crippen MR) is 363 cm³/mol. The van der Waals surface area contributed by atoms with Crippen molar-refractivity contribution in [1.82, 2.24) is 0 Å². The molecule has 90 heavy (non-hydrogen) atoms. The quantitative estimate of drug-likeness (QED) is 0.0222. The van der Waals surface area contributed by atoms with E-state index in [0.29, 0.717) is 25.7 Å². The number of aliphatic hydroxyl groups excluding tert-OH is 1. The SMILES string of the molecule is CCCCCCCCCCCCCCCCCCCC(=O)O[C@H](COC(=O)CCCCCCCCCCCCCCC)COP(=O)(O)OC[C@@H](O)COP(=O)(O)OC[C@@H](COC(=O)CCCCCCCCC)OC(=O)CCCCCCCCCCCCCCC. The van der Waals surface area contributed by atoms with E-state index in [-0.39, 0.29) is 25.7 Å². The highest BCUT2D eigenvalue weighted by Crippen LogP contribution is 2.45. The molecule has 0 saturated carbocycles. The maximum Gasteiger partial charge on any atom is 0.472 e. The number of rotatable bonds is 72. The van der Waals surface area contributed by atoms with Crippen molar-refractivity contribution in [2.75, 3.05) is 39.6 Å². The van der Waals surface area contributed by atoms with E-state index in [0.717, 1.165) is 103 Å². The summed E-state index contributed by atoms with van der Waals surface area (Å²) in [6.07, 6.45) is 54.1. The molecule has 0 spiro atoms. The first-order valence-electron chi connectivity index (χ1n) is 37.3. The highest BCUT2D eigenvalue weighted by atomic mass is 31.2. The van der Waals surface area contributed by atoms with Crippen LogP contribution in [0.5, 0.6) is 0 Å². The van der Waals surface area contributed by atoms with E-state index < -0.39 is 97.5 Å². The third-order valence-corrected chi connectivity index (χ3v) is 18.5. The molecule has 0 fully saturated rings. The molecule has 0 aliphatic carbocycles. The van der Waals surface area contributed by atoms with E-state index in [9.17, 15) is 43.2 Å². The molecule has 0 heterocycles. The van der Waals surface area contributed by atoms with Gasteiger partial charge in [0.25, 0.3) is 0 Å². The molecule has 2 unspecified atom stereocenters. The monoisotopic (exact) mass is 1320 g/mol. The van der Waals surface area contributed by atoms with Crippen LogP contribution in [0.4, 0.5) is 0 Å². The lowest BCUT2D eigenvalue weighted by atomic mass is 10.0. The van der Waals surface area contributed by atoms with Crippen LogP contribution >= 0.6 is 15.6 Å². The van der Waals surface area contributed by atoms with Gasteiger partial charge >= 0.3 is 39.5 Å². The minimum absolute atomic E-state index is 0.108. The Balaban J connectivity index is 5.19. The van der Waals surface area contributed by atoms with Crippen molar-refractivity contribution in [3.8, 4) is 0 Å². The van der Waals surface area contributed by atoms with Crippen LogP contribution in [0.25, 0.3) is 0 Å². The summed E-state index contributed by atoms with van der Waals surface area (Å²) < 4.78 is 68.2. The van der Waals surface area contributed by atoms with Gasteiger partial charge in [-0.15, -0.1) is 0 Å². The van der Waals surface area contributed by atoms with Gasteiger partial charge in [-0.05, 0) is 25.7 Å². The molecule has 19 heteroatoms. The van der Waals surface area contributed by atoms with Crippen LogP contribution in [0.2, 0.25) is 0 Å². The number of carbonyl (C=O) groups excluding carboxylic acids is 4. The Kier molecular flexibility index (Phi) is 64.3. The number of hydrogen-bond donors (Lipinski definition) is 3. The molecule has 0 amide bonds. The number of hydrogen-bond acceptors (Lipinski definition) is 15. The van der Waals surface area contributed by atoms with Crippen LogP contribution in [0.15, 0.2) is 0 Å². The molecular formula is C71H138O17P2. The molecule has 0 aliphatic heterocycles. The molecule has 534 valence electrons. The molecular weight excluding hydrogens is 1190 g/mol. The smallest absolute Gasteiger partial charge is 0.462 e. The van der Waals surface area contributed by atoms with Gasteiger partial charge in [0.15, 0.2) is 12.2 Å². The van der Waals surface area contributed by atoms with Gasteiger partial charge in [0.05, 0.1) is 26.4 Å². The lowest BCUT2D eigenvalue weighted by Crippen LogP contribution is -2.30. The first-order chi connectivity index (χ1) is 43.7. The second-order valence-corrected chi connectivity index (χ2v) is 28.5. The fraction of sp³-hybridized carbons (Fsp3) is 0.944.